The molecule has 0 aliphatic rings. The van der Waals surface area contributed by atoms with Gasteiger partial charge in [0.05, 0.1) is 6.10 Å². The van der Waals surface area contributed by atoms with Gasteiger partial charge < -0.3 is 10.4 Å². The smallest absolute Gasteiger partial charge is 0.246 e. The molecule has 2 atom stereocenters. The van der Waals surface area contributed by atoms with Crippen molar-refractivity contribution >= 4 is 5.91 Å². The highest BCUT2D eigenvalue weighted by atomic mass is 16.3. The van der Waals surface area contributed by atoms with Gasteiger partial charge in [0.1, 0.15) is 6.04 Å². The summed E-state index contributed by atoms with van der Waals surface area (Å²) in [7, 11) is 0. The van der Waals surface area contributed by atoms with Gasteiger partial charge in [0.25, 0.3) is 0 Å². The van der Waals surface area contributed by atoms with Gasteiger partial charge in [-0.15, -0.1) is 10.2 Å². The first-order valence-electron chi connectivity index (χ1n) is 6.88. The lowest BCUT2D eigenvalue weighted by atomic mass is 10.2. The lowest BCUT2D eigenvalue weighted by Gasteiger charge is -2.11. The highest BCUT2D eigenvalue weighted by Gasteiger charge is 2.18. The first kappa shape index (κ1) is 15.1. The van der Waals surface area contributed by atoms with Crippen LogP contribution in [0.25, 0.3) is 11.4 Å². The number of nitrogens with one attached hydrogen (secondary N) is 1. The number of benzene rings is 1. The second kappa shape index (κ2) is 6.94. The van der Waals surface area contributed by atoms with Gasteiger partial charge in [-0.05, 0) is 25.5 Å². The molecule has 0 saturated carbocycles. The van der Waals surface area contributed by atoms with Crippen LogP contribution in [0, 0.1) is 0 Å². The molecule has 1 amide bonds. The van der Waals surface area contributed by atoms with Crippen LogP contribution in [0.15, 0.2) is 30.3 Å². The van der Waals surface area contributed by atoms with E-state index in [1.807, 2.05) is 30.3 Å². The summed E-state index contributed by atoms with van der Waals surface area (Å²) >= 11 is 0. The highest BCUT2D eigenvalue weighted by molar-refractivity contribution is 5.79. The summed E-state index contributed by atoms with van der Waals surface area (Å²) < 4.78 is 0. The second-order valence-corrected chi connectivity index (χ2v) is 4.90. The van der Waals surface area contributed by atoms with Gasteiger partial charge in [-0.3, -0.25) is 4.79 Å². The topological polar surface area (TPSA) is 92.9 Å². The largest absolute Gasteiger partial charge is 0.393 e. The molecule has 2 rings (SSSR count). The lowest BCUT2D eigenvalue weighted by molar-refractivity contribution is -0.124. The van der Waals surface area contributed by atoms with E-state index < -0.39 is 12.1 Å². The Morgan fingerprint density at radius 2 is 2.05 bits per heavy atom. The fraction of sp³-hybridized carbons (Fsp3) is 0.429. The van der Waals surface area contributed by atoms with Crippen LogP contribution < -0.4 is 5.32 Å². The number of aromatic nitrogens is 4. The minimum atomic E-state index is -0.552. The molecule has 0 aliphatic heterocycles. The summed E-state index contributed by atoms with van der Waals surface area (Å²) in [5, 5.41) is 24.0. The second-order valence-electron chi connectivity index (χ2n) is 4.90. The maximum Gasteiger partial charge on any atom is 0.246 e. The Morgan fingerprint density at radius 3 is 2.71 bits per heavy atom. The highest BCUT2D eigenvalue weighted by Crippen LogP contribution is 2.13. The Labute approximate surface area is 123 Å². The molecule has 0 saturated heterocycles. The molecule has 0 spiro atoms. The number of carbonyl (C=O) groups excluding carboxylic acids is 1. The standard InChI is InChI=1S/C14H19N5O2/c1-10(20)8-9-15-14(21)11(2)19-17-13(16-18-19)12-6-4-3-5-7-12/h3-7,10-11,20H,8-9H2,1-2H3,(H,15,21). The quantitative estimate of drug-likeness (QED) is 0.820. The van der Waals surface area contributed by atoms with Crippen molar-refractivity contribution in [2.24, 2.45) is 0 Å². The van der Waals surface area contributed by atoms with Gasteiger partial charge in [-0.2, -0.15) is 4.80 Å². The molecule has 7 nitrogen and oxygen atoms in total. The molecule has 7 heteroatoms. The van der Waals surface area contributed by atoms with Crippen molar-refractivity contribution in [1.82, 2.24) is 25.5 Å². The molecule has 0 fully saturated rings. The minimum Gasteiger partial charge on any atom is -0.393 e. The zero-order valence-electron chi connectivity index (χ0n) is 12.1. The Morgan fingerprint density at radius 1 is 1.33 bits per heavy atom. The number of tetrazole rings is 1. The van der Waals surface area contributed by atoms with Gasteiger partial charge in [-0.25, -0.2) is 0 Å². The molecule has 2 unspecified atom stereocenters. The summed E-state index contributed by atoms with van der Waals surface area (Å²) in [6.07, 6.45) is 0.0770. The van der Waals surface area contributed by atoms with Gasteiger partial charge >= 0.3 is 0 Å². The molecule has 1 aromatic heterocycles. The lowest BCUT2D eigenvalue weighted by Crippen LogP contribution is -2.33. The number of carbonyl (C=O) groups is 1. The zero-order chi connectivity index (χ0) is 15.2. The monoisotopic (exact) mass is 289 g/mol. The first-order chi connectivity index (χ1) is 10.1. The molecule has 21 heavy (non-hydrogen) atoms. The summed E-state index contributed by atoms with van der Waals surface area (Å²) in [4.78, 5) is 13.2. The van der Waals surface area contributed by atoms with Crippen molar-refractivity contribution in [3.63, 3.8) is 0 Å². The first-order valence-corrected chi connectivity index (χ1v) is 6.88. The summed E-state index contributed by atoms with van der Waals surface area (Å²) in [5.74, 6) is 0.284. The molecule has 112 valence electrons. The van der Waals surface area contributed by atoms with E-state index in [1.165, 1.54) is 4.80 Å². The molecule has 2 N–H and O–H groups in total. The summed E-state index contributed by atoms with van der Waals surface area (Å²) in [5.41, 5.74) is 0.852. The van der Waals surface area contributed by atoms with E-state index in [4.69, 9.17) is 5.11 Å². The molecular formula is C14H19N5O2. The van der Waals surface area contributed by atoms with E-state index in [0.29, 0.717) is 18.8 Å². The fourth-order valence-corrected chi connectivity index (χ4v) is 1.75. The molecule has 1 aromatic carbocycles. The van der Waals surface area contributed by atoms with Gasteiger partial charge in [0, 0.05) is 12.1 Å². The van der Waals surface area contributed by atoms with Crippen molar-refractivity contribution in [2.75, 3.05) is 6.54 Å². The Hall–Kier alpha value is -2.28. The number of nitrogens with zero attached hydrogens (tertiary/aromatic N) is 4. The van der Waals surface area contributed by atoms with Crippen molar-refractivity contribution < 1.29 is 9.90 Å². The normalized spacial score (nSPS) is 13.7. The van der Waals surface area contributed by atoms with Crippen LogP contribution in [0.3, 0.4) is 0 Å². The maximum absolute atomic E-state index is 11.9. The number of amides is 1. The number of aliphatic hydroxyl groups excluding tert-OH is 1. The van der Waals surface area contributed by atoms with Crippen LogP contribution >= 0.6 is 0 Å². The van der Waals surface area contributed by atoms with Crippen LogP contribution in [0.1, 0.15) is 26.3 Å². The predicted molar refractivity (Wildman–Crippen MR) is 77.3 cm³/mol. The Kier molecular flexibility index (Phi) is 4.99. The Balaban J connectivity index is 1.99. The molecule has 1 heterocycles. The zero-order valence-corrected chi connectivity index (χ0v) is 12.1. The van der Waals surface area contributed by atoms with Crippen molar-refractivity contribution in [3.05, 3.63) is 30.3 Å². The van der Waals surface area contributed by atoms with E-state index in [2.05, 4.69) is 20.7 Å². The van der Waals surface area contributed by atoms with Crippen LogP contribution in [-0.2, 0) is 4.79 Å². The number of aliphatic hydroxyl groups is 1. The summed E-state index contributed by atoms with van der Waals surface area (Å²) in [6, 6.07) is 8.91. The van der Waals surface area contributed by atoms with E-state index in [9.17, 15) is 4.79 Å². The fourth-order valence-electron chi connectivity index (χ4n) is 1.75. The minimum absolute atomic E-state index is 0.201. The van der Waals surface area contributed by atoms with Crippen molar-refractivity contribution in [1.29, 1.82) is 0 Å². The molecule has 0 bridgehead atoms. The van der Waals surface area contributed by atoms with Crippen molar-refractivity contribution in [2.45, 2.75) is 32.4 Å². The van der Waals surface area contributed by atoms with E-state index in [0.717, 1.165) is 5.56 Å². The predicted octanol–water partition coefficient (Wildman–Crippen LogP) is 0.788. The molecule has 0 radical (unpaired) electrons. The average molecular weight is 289 g/mol. The number of hydrogen-bond acceptors (Lipinski definition) is 5. The third-order valence-corrected chi connectivity index (χ3v) is 3.05. The SMILES string of the molecule is CC(O)CCNC(=O)C(C)n1nnc(-c2ccccc2)n1. The number of hydrogen-bond donors (Lipinski definition) is 2. The maximum atomic E-state index is 11.9. The molecule has 0 aliphatic carbocycles. The van der Waals surface area contributed by atoms with E-state index in [1.54, 1.807) is 13.8 Å². The van der Waals surface area contributed by atoms with Gasteiger partial charge in [-0.1, -0.05) is 30.3 Å². The summed E-state index contributed by atoms with van der Waals surface area (Å²) in [6.45, 7) is 3.80. The van der Waals surface area contributed by atoms with Gasteiger partial charge in [0.15, 0.2) is 0 Å². The number of rotatable bonds is 6. The van der Waals surface area contributed by atoms with Crippen molar-refractivity contribution in [3.8, 4) is 11.4 Å². The van der Waals surface area contributed by atoms with E-state index >= 15 is 0 Å². The Bertz CT molecular complexity index is 582. The third-order valence-electron chi connectivity index (χ3n) is 3.05. The van der Waals surface area contributed by atoms with Crippen LogP contribution in [0.2, 0.25) is 0 Å². The third kappa shape index (κ3) is 4.09. The van der Waals surface area contributed by atoms with E-state index in [-0.39, 0.29) is 5.91 Å². The van der Waals surface area contributed by atoms with Crippen LogP contribution in [-0.4, -0.2) is 43.9 Å². The molecular weight excluding hydrogens is 270 g/mol. The van der Waals surface area contributed by atoms with Crippen LogP contribution in [0.5, 0.6) is 0 Å². The average Bonchev–Trinajstić information content (AvgIpc) is 2.96. The van der Waals surface area contributed by atoms with Crippen LogP contribution in [0.4, 0.5) is 0 Å². The van der Waals surface area contributed by atoms with Gasteiger partial charge in [0.2, 0.25) is 11.7 Å². The molecule has 2 aromatic rings.